The second-order valence-electron chi connectivity index (χ2n) is 6.50. The SMILES string of the molecule is C=C(C)C(=O)OC1(C(C)C)c2ccccc2CSc2ccccc21. The molecule has 1 heterocycles. The molecule has 2 aromatic rings. The molecule has 24 heavy (non-hydrogen) atoms. The molecular formula is C21H22O2S. The number of hydrogen-bond acceptors (Lipinski definition) is 3. The maximum absolute atomic E-state index is 12.5. The minimum atomic E-state index is -0.799. The van der Waals surface area contributed by atoms with Gasteiger partial charge < -0.3 is 4.74 Å². The molecule has 1 unspecified atom stereocenters. The topological polar surface area (TPSA) is 26.3 Å². The first-order chi connectivity index (χ1) is 11.5. The van der Waals surface area contributed by atoms with Gasteiger partial charge in [-0.05, 0) is 18.6 Å². The van der Waals surface area contributed by atoms with Gasteiger partial charge in [0, 0.05) is 33.3 Å². The number of esters is 1. The molecule has 0 aromatic heterocycles. The van der Waals surface area contributed by atoms with Gasteiger partial charge in [0.05, 0.1) is 0 Å². The predicted octanol–water partition coefficient (Wildman–Crippen LogP) is 5.31. The lowest BCUT2D eigenvalue weighted by molar-refractivity contribution is -0.156. The van der Waals surface area contributed by atoms with E-state index in [4.69, 9.17) is 4.74 Å². The molecule has 0 saturated carbocycles. The predicted molar refractivity (Wildman–Crippen MR) is 99.0 cm³/mol. The van der Waals surface area contributed by atoms with Gasteiger partial charge in [-0.2, -0.15) is 0 Å². The van der Waals surface area contributed by atoms with Crippen LogP contribution in [0.25, 0.3) is 0 Å². The van der Waals surface area contributed by atoms with E-state index in [9.17, 15) is 4.79 Å². The number of carbonyl (C=O) groups excluding carboxylic acids is 1. The number of ether oxygens (including phenoxy) is 1. The summed E-state index contributed by atoms with van der Waals surface area (Å²) in [5, 5.41) is 0. The van der Waals surface area contributed by atoms with Gasteiger partial charge in [-0.25, -0.2) is 4.79 Å². The van der Waals surface area contributed by atoms with Gasteiger partial charge in [-0.1, -0.05) is 62.9 Å². The largest absolute Gasteiger partial charge is 0.446 e. The minimum Gasteiger partial charge on any atom is -0.446 e. The van der Waals surface area contributed by atoms with Gasteiger partial charge in [-0.3, -0.25) is 0 Å². The first-order valence-electron chi connectivity index (χ1n) is 8.16. The second kappa shape index (κ2) is 6.48. The molecule has 1 atom stereocenters. The van der Waals surface area contributed by atoms with E-state index in [1.807, 2.05) is 24.3 Å². The van der Waals surface area contributed by atoms with E-state index in [0.717, 1.165) is 21.8 Å². The van der Waals surface area contributed by atoms with Crippen molar-refractivity contribution in [2.75, 3.05) is 0 Å². The Hall–Kier alpha value is -2.00. The molecule has 0 spiro atoms. The van der Waals surface area contributed by atoms with Crippen molar-refractivity contribution in [1.82, 2.24) is 0 Å². The van der Waals surface area contributed by atoms with E-state index < -0.39 is 5.60 Å². The van der Waals surface area contributed by atoms with E-state index in [1.54, 1.807) is 18.7 Å². The van der Waals surface area contributed by atoms with E-state index in [1.165, 1.54) is 5.56 Å². The lowest BCUT2D eigenvalue weighted by Crippen LogP contribution is -2.40. The van der Waals surface area contributed by atoms with Crippen molar-refractivity contribution in [1.29, 1.82) is 0 Å². The molecule has 0 fully saturated rings. The molecule has 1 aliphatic heterocycles. The first kappa shape index (κ1) is 16.8. The third-order valence-corrected chi connectivity index (χ3v) is 5.63. The van der Waals surface area contributed by atoms with Gasteiger partial charge in [0.2, 0.25) is 0 Å². The number of rotatable bonds is 3. The molecule has 0 bridgehead atoms. The smallest absolute Gasteiger partial charge is 0.334 e. The van der Waals surface area contributed by atoms with E-state index in [-0.39, 0.29) is 11.9 Å². The maximum Gasteiger partial charge on any atom is 0.334 e. The van der Waals surface area contributed by atoms with Crippen molar-refractivity contribution in [3.63, 3.8) is 0 Å². The third kappa shape index (κ3) is 2.67. The van der Waals surface area contributed by atoms with Crippen LogP contribution in [0.4, 0.5) is 0 Å². The summed E-state index contributed by atoms with van der Waals surface area (Å²) >= 11 is 1.79. The quantitative estimate of drug-likeness (QED) is 0.560. The number of fused-ring (bicyclic) bond motifs is 2. The molecule has 2 aromatic carbocycles. The molecule has 0 N–H and O–H groups in total. The Labute approximate surface area is 147 Å². The summed E-state index contributed by atoms with van der Waals surface area (Å²) < 4.78 is 6.18. The monoisotopic (exact) mass is 338 g/mol. The summed E-state index contributed by atoms with van der Waals surface area (Å²) in [5.74, 6) is 0.605. The normalized spacial score (nSPS) is 19.2. The van der Waals surface area contributed by atoms with Crippen LogP contribution in [0, 0.1) is 5.92 Å². The molecular weight excluding hydrogens is 316 g/mol. The zero-order chi connectivity index (χ0) is 17.3. The van der Waals surface area contributed by atoms with Crippen molar-refractivity contribution in [3.8, 4) is 0 Å². The fraction of sp³-hybridized carbons (Fsp3) is 0.286. The Bertz CT molecular complexity index is 744. The molecule has 0 radical (unpaired) electrons. The Kier molecular flexibility index (Phi) is 4.55. The van der Waals surface area contributed by atoms with Gasteiger partial charge in [-0.15, -0.1) is 11.8 Å². The van der Waals surface area contributed by atoms with Crippen LogP contribution in [-0.4, -0.2) is 5.97 Å². The van der Waals surface area contributed by atoms with Crippen LogP contribution in [0.2, 0.25) is 0 Å². The molecule has 0 saturated heterocycles. The average molecular weight is 338 g/mol. The van der Waals surface area contributed by atoms with Crippen LogP contribution in [0.3, 0.4) is 0 Å². The Morgan fingerprint density at radius 2 is 1.75 bits per heavy atom. The fourth-order valence-electron chi connectivity index (χ4n) is 3.29. The van der Waals surface area contributed by atoms with Crippen molar-refractivity contribution in [2.24, 2.45) is 5.92 Å². The molecule has 0 aliphatic carbocycles. The first-order valence-corrected chi connectivity index (χ1v) is 9.15. The summed E-state index contributed by atoms with van der Waals surface area (Å²) in [7, 11) is 0. The van der Waals surface area contributed by atoms with E-state index in [2.05, 4.69) is 44.7 Å². The number of benzene rings is 2. The lowest BCUT2D eigenvalue weighted by atomic mass is 9.75. The van der Waals surface area contributed by atoms with Gasteiger partial charge in [0.25, 0.3) is 0 Å². The molecule has 1 aliphatic rings. The molecule has 2 nitrogen and oxygen atoms in total. The number of hydrogen-bond donors (Lipinski definition) is 0. The highest BCUT2D eigenvalue weighted by atomic mass is 32.2. The summed E-state index contributed by atoms with van der Waals surface area (Å²) in [4.78, 5) is 13.7. The highest BCUT2D eigenvalue weighted by molar-refractivity contribution is 7.98. The van der Waals surface area contributed by atoms with Crippen molar-refractivity contribution < 1.29 is 9.53 Å². The second-order valence-corrected chi connectivity index (χ2v) is 7.52. The van der Waals surface area contributed by atoms with Gasteiger partial charge in [0.15, 0.2) is 5.60 Å². The third-order valence-electron chi connectivity index (χ3n) is 4.50. The van der Waals surface area contributed by atoms with Crippen LogP contribution < -0.4 is 0 Å². The van der Waals surface area contributed by atoms with Crippen LogP contribution in [-0.2, 0) is 20.9 Å². The van der Waals surface area contributed by atoms with Gasteiger partial charge >= 0.3 is 5.97 Å². The van der Waals surface area contributed by atoms with Crippen LogP contribution in [0.5, 0.6) is 0 Å². The van der Waals surface area contributed by atoms with Crippen molar-refractivity contribution in [3.05, 3.63) is 77.4 Å². The van der Waals surface area contributed by atoms with Gasteiger partial charge in [0.1, 0.15) is 0 Å². The fourth-order valence-corrected chi connectivity index (χ4v) is 4.40. The molecule has 3 rings (SSSR count). The van der Waals surface area contributed by atoms with E-state index >= 15 is 0 Å². The zero-order valence-electron chi connectivity index (χ0n) is 14.3. The molecule has 3 heteroatoms. The highest BCUT2D eigenvalue weighted by Crippen LogP contribution is 2.49. The molecule has 124 valence electrons. The number of carbonyl (C=O) groups is 1. The standard InChI is InChI=1S/C21H22O2S/c1-14(2)20(22)23-21(15(3)4)17-10-6-5-9-16(17)13-24-19-12-8-7-11-18(19)21/h5-12,15H,1,13H2,2-4H3. The zero-order valence-corrected chi connectivity index (χ0v) is 15.2. The lowest BCUT2D eigenvalue weighted by Gasteiger charge is -2.39. The summed E-state index contributed by atoms with van der Waals surface area (Å²) in [6.45, 7) is 9.67. The highest BCUT2D eigenvalue weighted by Gasteiger charge is 2.45. The van der Waals surface area contributed by atoms with Crippen LogP contribution in [0.15, 0.2) is 65.6 Å². The number of thioether (sulfide) groups is 1. The summed E-state index contributed by atoms with van der Waals surface area (Å²) in [6, 6.07) is 16.5. The molecule has 0 amide bonds. The van der Waals surface area contributed by atoms with Crippen LogP contribution >= 0.6 is 11.8 Å². The summed E-state index contributed by atoms with van der Waals surface area (Å²) in [5.41, 5.74) is 2.97. The maximum atomic E-state index is 12.5. The van der Waals surface area contributed by atoms with Crippen molar-refractivity contribution >= 4 is 17.7 Å². The summed E-state index contributed by atoms with van der Waals surface area (Å²) in [6.07, 6.45) is 0. The average Bonchev–Trinajstić information content (AvgIpc) is 2.71. The minimum absolute atomic E-state index is 0.0850. The van der Waals surface area contributed by atoms with Crippen molar-refractivity contribution in [2.45, 2.75) is 37.0 Å². The van der Waals surface area contributed by atoms with E-state index in [0.29, 0.717) is 5.57 Å². The van der Waals surface area contributed by atoms with Crippen LogP contribution in [0.1, 0.15) is 37.5 Å². The Balaban J connectivity index is 2.32. The Morgan fingerprint density at radius 1 is 1.12 bits per heavy atom. The Morgan fingerprint density at radius 3 is 2.42 bits per heavy atom.